The number of anilines is 6. The van der Waals surface area contributed by atoms with Gasteiger partial charge in [0, 0.05) is 68.8 Å². The molecule has 0 spiro atoms. The molecule has 1 fully saturated rings. The summed E-state index contributed by atoms with van der Waals surface area (Å²) >= 11 is 0. The first-order valence-corrected chi connectivity index (χ1v) is 13.4. The number of hydrogen-bond donors (Lipinski definition) is 3. The highest BCUT2D eigenvalue weighted by Gasteiger charge is 2.35. The maximum atomic E-state index is 13.9. The number of fused-ring (bicyclic) bond motifs is 3. The molecular formula is C30H28F3N7O2. The zero-order valence-corrected chi connectivity index (χ0v) is 22.7. The molecule has 12 heteroatoms. The predicted molar refractivity (Wildman–Crippen MR) is 155 cm³/mol. The van der Waals surface area contributed by atoms with Crippen molar-refractivity contribution in [3.63, 3.8) is 0 Å². The van der Waals surface area contributed by atoms with Gasteiger partial charge in [0.15, 0.2) is 0 Å². The second-order valence-corrected chi connectivity index (χ2v) is 9.98. The summed E-state index contributed by atoms with van der Waals surface area (Å²) in [5, 5.41) is 8.39. The molecule has 4 aromatic rings. The molecule has 216 valence electrons. The van der Waals surface area contributed by atoms with E-state index in [2.05, 4.69) is 35.7 Å². The number of nitrogens with zero attached hydrogens (tertiary/aromatic N) is 4. The highest BCUT2D eigenvalue weighted by Crippen LogP contribution is 2.40. The molecule has 0 radical (unpaired) electrons. The Morgan fingerprint density at radius 1 is 1.00 bits per heavy atom. The molecule has 42 heavy (non-hydrogen) atoms. The smallest absolute Gasteiger partial charge is 0.419 e. The normalized spacial score (nSPS) is 16.1. The van der Waals surface area contributed by atoms with Crippen molar-refractivity contribution < 1.29 is 22.7 Å². The van der Waals surface area contributed by atoms with Crippen LogP contribution in [0.3, 0.4) is 0 Å². The van der Waals surface area contributed by atoms with Crippen LogP contribution in [0.15, 0.2) is 79.3 Å². The third-order valence-corrected chi connectivity index (χ3v) is 7.36. The number of aromatic nitrogens is 2. The van der Waals surface area contributed by atoms with Crippen molar-refractivity contribution in [3.8, 4) is 5.75 Å². The molecular weight excluding hydrogens is 547 g/mol. The van der Waals surface area contributed by atoms with Gasteiger partial charge in [0.05, 0.1) is 34.2 Å². The number of para-hydroxylation sites is 1. The fourth-order valence-electron chi connectivity index (χ4n) is 5.31. The van der Waals surface area contributed by atoms with Crippen molar-refractivity contribution in [2.24, 2.45) is 0 Å². The first-order chi connectivity index (χ1) is 20.3. The van der Waals surface area contributed by atoms with Gasteiger partial charge >= 0.3 is 6.18 Å². The Kier molecular flexibility index (Phi) is 7.19. The minimum Gasteiger partial charge on any atom is -0.489 e. The fraction of sp³-hybridized carbons (Fsp3) is 0.233. The summed E-state index contributed by atoms with van der Waals surface area (Å²) < 4.78 is 47.7. The number of amides is 1. The summed E-state index contributed by atoms with van der Waals surface area (Å²) in [6.07, 6.45) is -0.309. The summed E-state index contributed by atoms with van der Waals surface area (Å²) in [7, 11) is 1.46. The molecule has 2 aliphatic rings. The van der Waals surface area contributed by atoms with Gasteiger partial charge in [-0.3, -0.25) is 9.78 Å². The van der Waals surface area contributed by atoms with Crippen molar-refractivity contribution >= 4 is 40.2 Å². The van der Waals surface area contributed by atoms with Gasteiger partial charge in [-0.25, -0.2) is 4.98 Å². The molecule has 1 atom stereocenters. The summed E-state index contributed by atoms with van der Waals surface area (Å²) in [5.74, 6) is 0.468. The van der Waals surface area contributed by atoms with E-state index in [9.17, 15) is 18.0 Å². The van der Waals surface area contributed by atoms with Crippen LogP contribution in [0.2, 0.25) is 0 Å². The van der Waals surface area contributed by atoms with E-state index in [4.69, 9.17) is 4.74 Å². The van der Waals surface area contributed by atoms with Gasteiger partial charge in [-0.1, -0.05) is 12.1 Å². The van der Waals surface area contributed by atoms with Gasteiger partial charge in [-0.15, -0.1) is 0 Å². The summed E-state index contributed by atoms with van der Waals surface area (Å²) in [6.45, 7) is 3.00. The van der Waals surface area contributed by atoms with Crippen molar-refractivity contribution in [2.75, 3.05) is 53.7 Å². The second-order valence-electron chi connectivity index (χ2n) is 9.98. The molecule has 2 aliphatic heterocycles. The number of halogens is 3. The van der Waals surface area contributed by atoms with Crippen LogP contribution in [0.25, 0.3) is 0 Å². The van der Waals surface area contributed by atoms with E-state index in [1.807, 2.05) is 30.3 Å². The molecule has 0 bridgehead atoms. The SMILES string of the molecule is CNC(=O)c1ccccc1Nc1cc(Nc2ccc3c(c2)OCC2CN(c4ccncc4)CCN32)ncc1C(F)(F)F. The van der Waals surface area contributed by atoms with E-state index in [-0.39, 0.29) is 28.8 Å². The van der Waals surface area contributed by atoms with Crippen LogP contribution >= 0.6 is 0 Å². The number of carbonyl (C=O) groups is 1. The maximum absolute atomic E-state index is 13.9. The van der Waals surface area contributed by atoms with Crippen LogP contribution in [0.5, 0.6) is 5.75 Å². The number of carbonyl (C=O) groups excluding carboxylic acids is 1. The molecule has 4 heterocycles. The Morgan fingerprint density at radius 2 is 1.81 bits per heavy atom. The molecule has 1 amide bonds. The molecule has 6 rings (SSSR count). The molecule has 0 saturated carbocycles. The molecule has 9 nitrogen and oxygen atoms in total. The monoisotopic (exact) mass is 575 g/mol. The van der Waals surface area contributed by atoms with Crippen LogP contribution in [-0.4, -0.2) is 55.2 Å². The van der Waals surface area contributed by atoms with Crippen LogP contribution in [0.1, 0.15) is 15.9 Å². The first-order valence-electron chi connectivity index (χ1n) is 13.4. The van der Waals surface area contributed by atoms with Gasteiger partial charge in [0.25, 0.3) is 5.91 Å². The van der Waals surface area contributed by atoms with Gasteiger partial charge in [0.2, 0.25) is 0 Å². The lowest BCUT2D eigenvalue weighted by Crippen LogP contribution is -2.57. The third kappa shape index (κ3) is 5.47. The van der Waals surface area contributed by atoms with Crippen LogP contribution < -0.4 is 30.5 Å². The number of rotatable bonds is 6. The van der Waals surface area contributed by atoms with Gasteiger partial charge < -0.3 is 30.5 Å². The van der Waals surface area contributed by atoms with E-state index >= 15 is 0 Å². The topological polar surface area (TPSA) is 94.6 Å². The van der Waals surface area contributed by atoms with Crippen molar-refractivity contribution in [1.29, 1.82) is 0 Å². The molecule has 2 aromatic carbocycles. The predicted octanol–water partition coefficient (Wildman–Crippen LogP) is 5.43. The summed E-state index contributed by atoms with van der Waals surface area (Å²) in [6, 6.07) is 17.5. The average molecular weight is 576 g/mol. The Labute approximate surface area is 240 Å². The first kappa shape index (κ1) is 27.2. The fourth-order valence-corrected chi connectivity index (χ4v) is 5.31. The van der Waals surface area contributed by atoms with E-state index in [1.165, 1.54) is 19.2 Å². The second kappa shape index (κ2) is 11.1. The van der Waals surface area contributed by atoms with E-state index in [0.29, 0.717) is 18.0 Å². The van der Waals surface area contributed by atoms with Crippen LogP contribution in [0, 0.1) is 0 Å². The Morgan fingerprint density at radius 3 is 2.60 bits per heavy atom. The van der Waals surface area contributed by atoms with Gasteiger partial charge in [-0.05, 0) is 36.4 Å². The van der Waals surface area contributed by atoms with Gasteiger partial charge in [-0.2, -0.15) is 13.2 Å². The largest absolute Gasteiger partial charge is 0.489 e. The molecule has 1 unspecified atom stereocenters. The van der Waals surface area contributed by atoms with Crippen molar-refractivity contribution in [2.45, 2.75) is 12.2 Å². The number of ether oxygens (including phenoxy) is 1. The average Bonchev–Trinajstić information content (AvgIpc) is 3.00. The quantitative estimate of drug-likeness (QED) is 0.280. The highest BCUT2D eigenvalue weighted by molar-refractivity contribution is 6.00. The zero-order valence-electron chi connectivity index (χ0n) is 22.7. The van der Waals surface area contributed by atoms with Crippen molar-refractivity contribution in [3.05, 3.63) is 90.4 Å². The lowest BCUT2D eigenvalue weighted by Gasteiger charge is -2.46. The van der Waals surface area contributed by atoms with Crippen molar-refractivity contribution in [1.82, 2.24) is 15.3 Å². The number of alkyl halides is 3. The Hall–Kier alpha value is -5.00. The maximum Gasteiger partial charge on any atom is 0.419 e. The standard InChI is InChI=1S/C30H28F3N7O2/c1-34-29(41)22-4-2-3-5-24(22)38-25-15-28(36-16-23(25)30(31,32)33)37-19-6-7-26-27(14-19)42-18-21-17-39(12-13-40(21)26)20-8-10-35-11-9-20/h2-11,14-16,21H,12-13,17-18H2,1H3,(H,34,41)(H2,36,37,38). The minimum absolute atomic E-state index is 0.182. The van der Waals surface area contributed by atoms with Gasteiger partial charge in [0.1, 0.15) is 18.2 Å². The van der Waals surface area contributed by atoms with Crippen LogP contribution in [-0.2, 0) is 6.18 Å². The van der Waals surface area contributed by atoms with E-state index in [1.54, 1.807) is 30.6 Å². The lowest BCUT2D eigenvalue weighted by atomic mass is 10.1. The number of pyridine rings is 2. The summed E-state index contributed by atoms with van der Waals surface area (Å²) in [4.78, 5) is 25.1. The molecule has 3 N–H and O–H groups in total. The van der Waals surface area contributed by atoms with Crippen LogP contribution in [0.4, 0.5) is 47.4 Å². The minimum atomic E-state index is -4.66. The van der Waals surface area contributed by atoms with E-state index < -0.39 is 17.6 Å². The zero-order chi connectivity index (χ0) is 29.3. The lowest BCUT2D eigenvalue weighted by molar-refractivity contribution is -0.137. The molecule has 2 aromatic heterocycles. The number of benzene rings is 2. The number of hydrogen-bond acceptors (Lipinski definition) is 8. The third-order valence-electron chi connectivity index (χ3n) is 7.36. The molecule has 1 saturated heterocycles. The Balaban J connectivity index is 1.22. The molecule has 0 aliphatic carbocycles. The number of piperazine rings is 1. The Bertz CT molecular complexity index is 1600. The highest BCUT2D eigenvalue weighted by atomic mass is 19.4. The number of nitrogens with one attached hydrogen (secondary N) is 3. The summed E-state index contributed by atoms with van der Waals surface area (Å²) in [5.41, 5.74) is 1.98. The van der Waals surface area contributed by atoms with E-state index in [0.717, 1.165) is 37.2 Å².